The molecule has 1 aliphatic heterocycles. The fraction of sp³-hybridized carbons (Fsp3) is 0.0952. The molecule has 0 saturated carbocycles. The van der Waals surface area contributed by atoms with Crippen LogP contribution in [0.5, 0.6) is 0 Å². The van der Waals surface area contributed by atoms with E-state index >= 15 is 0 Å². The number of aryl methyl sites for hydroxylation is 2. The molecule has 0 aliphatic carbocycles. The van der Waals surface area contributed by atoms with Crippen LogP contribution < -0.4 is 16.1 Å². The number of hydrogen-bond donors (Lipinski definition) is 1. The average Bonchev–Trinajstić information content (AvgIpc) is 2.91. The van der Waals surface area contributed by atoms with Gasteiger partial charge in [0.1, 0.15) is 0 Å². The summed E-state index contributed by atoms with van der Waals surface area (Å²) < 4.78 is 1.48. The highest BCUT2D eigenvalue weighted by Crippen LogP contribution is 2.13. The molecule has 26 heavy (non-hydrogen) atoms. The van der Waals surface area contributed by atoms with Crippen molar-refractivity contribution in [3.05, 3.63) is 91.9 Å². The quantitative estimate of drug-likeness (QED) is 0.721. The van der Waals surface area contributed by atoms with Crippen LogP contribution in [-0.2, 0) is 4.79 Å². The summed E-state index contributed by atoms with van der Waals surface area (Å²) in [6, 6.07) is 15.1. The summed E-state index contributed by atoms with van der Waals surface area (Å²) in [5, 5.41) is 4.60. The summed E-state index contributed by atoms with van der Waals surface area (Å²) >= 11 is 0. The van der Waals surface area contributed by atoms with Crippen molar-refractivity contribution < 1.29 is 4.79 Å². The van der Waals surface area contributed by atoms with Crippen LogP contribution in [-0.4, -0.2) is 15.7 Å². The number of nitrogens with zero attached hydrogens (tertiary/aromatic N) is 2. The van der Waals surface area contributed by atoms with Gasteiger partial charge in [-0.15, -0.1) is 0 Å². The Morgan fingerprint density at radius 1 is 1.04 bits per heavy atom. The summed E-state index contributed by atoms with van der Waals surface area (Å²) in [6.07, 6.45) is 3.39. The van der Waals surface area contributed by atoms with E-state index in [2.05, 4.69) is 10.1 Å². The fourth-order valence-electron chi connectivity index (χ4n) is 3.02. The highest BCUT2D eigenvalue weighted by Gasteiger charge is 2.15. The van der Waals surface area contributed by atoms with Gasteiger partial charge >= 0.3 is 0 Å². The molecule has 0 bridgehead atoms. The molecular weight excluding hydrogens is 326 g/mol. The lowest BCUT2D eigenvalue weighted by Crippen LogP contribution is -2.30. The number of fused-ring (bicyclic) bond motifs is 1. The second kappa shape index (κ2) is 6.11. The Hall–Kier alpha value is -3.47. The van der Waals surface area contributed by atoms with Crippen molar-refractivity contribution in [2.75, 3.05) is 0 Å². The number of nitrogens with one attached hydrogen (secondary N) is 1. The fourth-order valence-corrected chi connectivity index (χ4v) is 3.02. The molecule has 1 amide bonds. The number of benzene rings is 2. The van der Waals surface area contributed by atoms with Crippen molar-refractivity contribution in [3.63, 3.8) is 0 Å². The van der Waals surface area contributed by atoms with Crippen molar-refractivity contribution in [1.82, 2.24) is 9.78 Å². The highest BCUT2D eigenvalue weighted by atomic mass is 16.1. The summed E-state index contributed by atoms with van der Waals surface area (Å²) in [5.41, 5.74) is 3.16. The van der Waals surface area contributed by atoms with Crippen LogP contribution in [0.1, 0.15) is 16.8 Å². The minimum absolute atomic E-state index is 0.197. The molecule has 2 aromatic carbocycles. The summed E-state index contributed by atoms with van der Waals surface area (Å²) in [7, 11) is 0. The molecule has 2 heterocycles. The molecule has 5 nitrogen and oxygen atoms in total. The van der Waals surface area contributed by atoms with Gasteiger partial charge in [-0.3, -0.25) is 14.7 Å². The lowest BCUT2D eigenvalue weighted by molar-refractivity contribution is -0.114. The Morgan fingerprint density at radius 2 is 1.81 bits per heavy atom. The number of hydrogen-bond acceptors (Lipinski definition) is 2. The maximum atomic E-state index is 12.8. The molecule has 1 aromatic heterocycles. The molecule has 1 N–H and O–H groups in total. The van der Waals surface area contributed by atoms with Crippen LogP contribution in [0.2, 0.25) is 0 Å². The number of carbonyl (C=O) groups excluding carboxylic acids is 1. The molecular formula is C21H17N3O2. The van der Waals surface area contributed by atoms with E-state index in [9.17, 15) is 9.59 Å². The molecule has 4 rings (SSSR count). The van der Waals surface area contributed by atoms with Gasteiger partial charge in [0, 0.05) is 16.5 Å². The van der Waals surface area contributed by atoms with E-state index in [4.69, 9.17) is 0 Å². The van der Waals surface area contributed by atoms with Crippen LogP contribution in [0.3, 0.4) is 0 Å². The molecule has 5 heteroatoms. The van der Waals surface area contributed by atoms with E-state index in [0.717, 1.165) is 16.5 Å². The monoisotopic (exact) mass is 343 g/mol. The predicted octanol–water partition coefficient (Wildman–Crippen LogP) is 1.81. The Labute approximate surface area is 149 Å². The third-order valence-electron chi connectivity index (χ3n) is 4.40. The zero-order valence-corrected chi connectivity index (χ0v) is 14.5. The van der Waals surface area contributed by atoms with Crippen molar-refractivity contribution in [2.45, 2.75) is 13.8 Å². The molecule has 0 atom stereocenters. The van der Waals surface area contributed by atoms with Gasteiger partial charge in [-0.05, 0) is 49.8 Å². The average molecular weight is 343 g/mol. The first-order chi connectivity index (χ1) is 12.5. The zero-order valence-electron chi connectivity index (χ0n) is 14.5. The van der Waals surface area contributed by atoms with E-state index in [1.165, 1.54) is 4.68 Å². The Bertz CT molecular complexity index is 1230. The lowest BCUT2D eigenvalue weighted by Gasteiger charge is -2.03. The standard InChI is InChI=1S/C21H17N3O2/c1-13-8-9-15-11-16(20(25)22-19(15)10-13)12-18-14(2)23-24(21(18)26)17-6-4-3-5-7-17/h3-12,23H,1-2H3/b16-12-. The Kier molecular flexibility index (Phi) is 3.77. The maximum Gasteiger partial charge on any atom is 0.278 e. The Morgan fingerprint density at radius 3 is 2.58 bits per heavy atom. The van der Waals surface area contributed by atoms with Gasteiger partial charge in [-0.25, -0.2) is 9.67 Å². The third-order valence-corrected chi connectivity index (χ3v) is 4.40. The number of rotatable bonds is 2. The lowest BCUT2D eigenvalue weighted by atomic mass is 10.1. The molecule has 0 radical (unpaired) electrons. The van der Waals surface area contributed by atoms with E-state index < -0.39 is 0 Å². The van der Waals surface area contributed by atoms with Gasteiger partial charge in [0.2, 0.25) is 0 Å². The summed E-state index contributed by atoms with van der Waals surface area (Å²) in [5.74, 6) is -0.339. The van der Waals surface area contributed by atoms with Crippen LogP contribution in [0.15, 0.2) is 63.9 Å². The minimum atomic E-state index is -0.339. The largest absolute Gasteiger partial charge is 0.295 e. The first-order valence-corrected chi connectivity index (χ1v) is 8.33. The maximum absolute atomic E-state index is 12.8. The first-order valence-electron chi connectivity index (χ1n) is 8.33. The second-order valence-corrected chi connectivity index (χ2v) is 6.35. The van der Waals surface area contributed by atoms with Crippen molar-refractivity contribution >= 4 is 18.1 Å². The summed E-state index contributed by atoms with van der Waals surface area (Å²) in [4.78, 5) is 29.3. The van der Waals surface area contributed by atoms with Crippen LogP contribution in [0.25, 0.3) is 17.8 Å². The first kappa shape index (κ1) is 16.0. The van der Waals surface area contributed by atoms with Crippen molar-refractivity contribution in [3.8, 4) is 5.69 Å². The number of aromatic nitrogens is 2. The van der Waals surface area contributed by atoms with Gasteiger partial charge in [0.25, 0.3) is 11.5 Å². The van der Waals surface area contributed by atoms with E-state index in [-0.39, 0.29) is 11.5 Å². The SMILES string of the molecule is Cc1ccc2c(c1)=NC(=O)/C(=C\c1c(C)[nH]n(-c3ccccc3)c1=O)C=2. The molecule has 0 saturated heterocycles. The smallest absolute Gasteiger partial charge is 0.278 e. The number of H-pyrrole nitrogens is 1. The van der Waals surface area contributed by atoms with Crippen molar-refractivity contribution in [2.24, 2.45) is 4.99 Å². The van der Waals surface area contributed by atoms with E-state index in [1.54, 1.807) is 12.2 Å². The van der Waals surface area contributed by atoms with Gasteiger partial charge in [-0.2, -0.15) is 0 Å². The van der Waals surface area contributed by atoms with Crippen LogP contribution in [0.4, 0.5) is 0 Å². The Balaban J connectivity index is 1.85. The van der Waals surface area contributed by atoms with Crippen LogP contribution in [0, 0.1) is 13.8 Å². The van der Waals surface area contributed by atoms with Gasteiger partial charge < -0.3 is 0 Å². The molecule has 128 valence electrons. The molecule has 3 aromatic rings. The summed E-state index contributed by atoms with van der Waals surface area (Å²) in [6.45, 7) is 3.77. The number of carbonyl (C=O) groups is 1. The minimum Gasteiger partial charge on any atom is -0.295 e. The topological polar surface area (TPSA) is 67.2 Å². The van der Waals surface area contributed by atoms with Crippen molar-refractivity contribution in [1.29, 1.82) is 0 Å². The molecule has 0 unspecified atom stereocenters. The number of aromatic amines is 1. The predicted molar refractivity (Wildman–Crippen MR) is 101 cm³/mol. The molecule has 0 fully saturated rings. The van der Waals surface area contributed by atoms with E-state index in [1.807, 2.05) is 62.4 Å². The highest BCUT2D eigenvalue weighted by molar-refractivity contribution is 6.07. The van der Waals surface area contributed by atoms with E-state index in [0.29, 0.717) is 22.2 Å². The van der Waals surface area contributed by atoms with Crippen LogP contribution >= 0.6 is 0 Å². The van der Waals surface area contributed by atoms with Gasteiger partial charge in [-0.1, -0.05) is 30.3 Å². The zero-order chi connectivity index (χ0) is 18.3. The molecule has 1 aliphatic rings. The van der Waals surface area contributed by atoms with Gasteiger partial charge in [0.15, 0.2) is 0 Å². The molecule has 0 spiro atoms. The number of para-hydroxylation sites is 1. The van der Waals surface area contributed by atoms with Gasteiger partial charge in [0.05, 0.1) is 16.6 Å². The second-order valence-electron chi connectivity index (χ2n) is 6.35. The third kappa shape index (κ3) is 2.73. The normalized spacial score (nSPS) is 14.7. The number of amides is 1.